The van der Waals surface area contributed by atoms with Crippen molar-refractivity contribution in [1.29, 1.82) is 0 Å². The fraction of sp³-hybridized carbons (Fsp3) is 0.231. The van der Waals surface area contributed by atoms with Crippen LogP contribution in [0.4, 0.5) is 0 Å². The van der Waals surface area contributed by atoms with Gasteiger partial charge in [0.1, 0.15) is 0 Å². The smallest absolute Gasteiger partial charge is 0.0947 e. The largest absolute Gasteiger partial charge is 0.472 e. The van der Waals surface area contributed by atoms with Gasteiger partial charge in [0, 0.05) is 22.6 Å². The Balaban J connectivity index is 1.93. The SMILES string of the molecule is C[C@H](NCc1ccoc1)c1ccc(Br)cc1. The minimum absolute atomic E-state index is 0.336. The number of furan rings is 1. The summed E-state index contributed by atoms with van der Waals surface area (Å²) in [5, 5.41) is 3.45. The second-order valence-electron chi connectivity index (χ2n) is 3.79. The minimum Gasteiger partial charge on any atom is -0.472 e. The standard InChI is InChI=1S/C13H14BrNO/c1-10(12-2-4-13(14)5-3-12)15-8-11-6-7-16-9-11/h2-7,9-10,15H,8H2,1H3/t10-/m0/s1. The van der Waals surface area contributed by atoms with E-state index in [0.29, 0.717) is 6.04 Å². The van der Waals surface area contributed by atoms with E-state index >= 15 is 0 Å². The Kier molecular flexibility index (Phi) is 3.80. The van der Waals surface area contributed by atoms with Crippen molar-refractivity contribution in [2.75, 3.05) is 0 Å². The van der Waals surface area contributed by atoms with Crippen LogP contribution < -0.4 is 5.32 Å². The normalized spacial score (nSPS) is 12.6. The molecule has 0 unspecified atom stereocenters. The summed E-state index contributed by atoms with van der Waals surface area (Å²) < 4.78 is 6.13. The van der Waals surface area contributed by atoms with Gasteiger partial charge in [-0.05, 0) is 30.7 Å². The maximum absolute atomic E-state index is 5.02. The van der Waals surface area contributed by atoms with Crippen LogP contribution in [0.5, 0.6) is 0 Å². The Morgan fingerprint density at radius 3 is 2.62 bits per heavy atom. The van der Waals surface area contributed by atoms with Crippen molar-refractivity contribution in [3.05, 3.63) is 58.5 Å². The predicted octanol–water partition coefficient (Wildman–Crippen LogP) is 3.89. The van der Waals surface area contributed by atoms with Gasteiger partial charge in [-0.3, -0.25) is 0 Å². The highest BCUT2D eigenvalue weighted by molar-refractivity contribution is 9.10. The first-order chi connectivity index (χ1) is 7.75. The molecule has 2 aromatic rings. The van der Waals surface area contributed by atoms with Crippen LogP contribution in [-0.4, -0.2) is 0 Å². The zero-order chi connectivity index (χ0) is 11.4. The summed E-state index contributed by atoms with van der Waals surface area (Å²) >= 11 is 3.43. The average molecular weight is 280 g/mol. The molecule has 0 fully saturated rings. The molecule has 0 saturated carbocycles. The first-order valence-electron chi connectivity index (χ1n) is 5.25. The maximum atomic E-state index is 5.02. The van der Waals surface area contributed by atoms with Crippen molar-refractivity contribution in [2.24, 2.45) is 0 Å². The van der Waals surface area contributed by atoms with E-state index < -0.39 is 0 Å². The second-order valence-corrected chi connectivity index (χ2v) is 4.70. The molecule has 16 heavy (non-hydrogen) atoms. The molecule has 2 nitrogen and oxygen atoms in total. The molecule has 2 rings (SSSR count). The van der Waals surface area contributed by atoms with Gasteiger partial charge in [0.05, 0.1) is 12.5 Å². The molecule has 84 valence electrons. The molecule has 1 aromatic heterocycles. The molecule has 1 atom stereocenters. The summed E-state index contributed by atoms with van der Waals surface area (Å²) in [5.74, 6) is 0. The summed E-state index contributed by atoms with van der Waals surface area (Å²) in [6.07, 6.45) is 3.46. The van der Waals surface area contributed by atoms with Crippen molar-refractivity contribution in [2.45, 2.75) is 19.5 Å². The van der Waals surface area contributed by atoms with Gasteiger partial charge in [0.15, 0.2) is 0 Å². The van der Waals surface area contributed by atoms with Crippen LogP contribution in [0.1, 0.15) is 24.1 Å². The van der Waals surface area contributed by atoms with Crippen LogP contribution in [0, 0.1) is 0 Å². The quantitative estimate of drug-likeness (QED) is 0.919. The van der Waals surface area contributed by atoms with Gasteiger partial charge in [-0.2, -0.15) is 0 Å². The Bertz CT molecular complexity index is 422. The van der Waals surface area contributed by atoms with E-state index in [2.05, 4.69) is 52.4 Å². The van der Waals surface area contributed by atoms with E-state index in [-0.39, 0.29) is 0 Å². The van der Waals surface area contributed by atoms with Gasteiger partial charge in [-0.25, -0.2) is 0 Å². The number of nitrogens with one attached hydrogen (secondary N) is 1. The topological polar surface area (TPSA) is 25.2 Å². The first-order valence-corrected chi connectivity index (χ1v) is 6.05. The molecule has 1 heterocycles. The van der Waals surface area contributed by atoms with Crippen molar-refractivity contribution < 1.29 is 4.42 Å². The highest BCUT2D eigenvalue weighted by Gasteiger charge is 2.04. The molecular weight excluding hydrogens is 266 g/mol. The highest BCUT2D eigenvalue weighted by Crippen LogP contribution is 2.16. The van der Waals surface area contributed by atoms with Crippen molar-refractivity contribution >= 4 is 15.9 Å². The molecule has 0 aliphatic heterocycles. The van der Waals surface area contributed by atoms with Gasteiger partial charge in [-0.1, -0.05) is 28.1 Å². The molecular formula is C13H14BrNO. The van der Waals surface area contributed by atoms with E-state index in [1.54, 1.807) is 12.5 Å². The lowest BCUT2D eigenvalue weighted by atomic mass is 10.1. The molecule has 0 saturated heterocycles. The highest BCUT2D eigenvalue weighted by atomic mass is 79.9. The van der Waals surface area contributed by atoms with Crippen LogP contribution in [0.2, 0.25) is 0 Å². The Hall–Kier alpha value is -1.06. The molecule has 0 amide bonds. The lowest BCUT2D eigenvalue weighted by Crippen LogP contribution is -2.17. The van der Waals surface area contributed by atoms with E-state index in [1.165, 1.54) is 11.1 Å². The minimum atomic E-state index is 0.336. The fourth-order valence-corrected chi connectivity index (χ4v) is 1.80. The summed E-state index contributed by atoms with van der Waals surface area (Å²) in [6.45, 7) is 2.98. The van der Waals surface area contributed by atoms with Gasteiger partial charge in [-0.15, -0.1) is 0 Å². The first kappa shape index (κ1) is 11.4. The van der Waals surface area contributed by atoms with Crippen molar-refractivity contribution in [3.8, 4) is 0 Å². The maximum Gasteiger partial charge on any atom is 0.0947 e. The van der Waals surface area contributed by atoms with Crippen LogP contribution in [0.25, 0.3) is 0 Å². The monoisotopic (exact) mass is 279 g/mol. The summed E-state index contributed by atoms with van der Waals surface area (Å²) in [5.41, 5.74) is 2.45. The number of halogens is 1. The number of rotatable bonds is 4. The fourth-order valence-electron chi connectivity index (χ4n) is 1.53. The Labute approximate surface area is 104 Å². The van der Waals surface area contributed by atoms with Gasteiger partial charge < -0.3 is 9.73 Å². The molecule has 0 aliphatic carbocycles. The van der Waals surface area contributed by atoms with E-state index in [4.69, 9.17) is 4.42 Å². The van der Waals surface area contributed by atoms with E-state index in [0.717, 1.165) is 11.0 Å². The molecule has 3 heteroatoms. The van der Waals surface area contributed by atoms with Gasteiger partial charge in [0.2, 0.25) is 0 Å². The third kappa shape index (κ3) is 2.97. The molecule has 0 radical (unpaired) electrons. The predicted molar refractivity (Wildman–Crippen MR) is 68.1 cm³/mol. The molecule has 0 bridgehead atoms. The van der Waals surface area contributed by atoms with Crippen LogP contribution >= 0.6 is 15.9 Å². The van der Waals surface area contributed by atoms with Crippen LogP contribution in [0.3, 0.4) is 0 Å². The van der Waals surface area contributed by atoms with E-state index in [1.807, 2.05) is 6.07 Å². The molecule has 0 aliphatic rings. The lowest BCUT2D eigenvalue weighted by Gasteiger charge is -2.13. The molecule has 1 N–H and O–H groups in total. The molecule has 0 spiro atoms. The van der Waals surface area contributed by atoms with Crippen LogP contribution in [-0.2, 0) is 6.54 Å². The van der Waals surface area contributed by atoms with Gasteiger partial charge >= 0.3 is 0 Å². The van der Waals surface area contributed by atoms with Crippen molar-refractivity contribution in [3.63, 3.8) is 0 Å². The number of hydrogen-bond acceptors (Lipinski definition) is 2. The summed E-state index contributed by atoms with van der Waals surface area (Å²) in [7, 11) is 0. The lowest BCUT2D eigenvalue weighted by molar-refractivity contribution is 0.546. The molecule has 1 aromatic carbocycles. The van der Waals surface area contributed by atoms with Crippen LogP contribution in [0.15, 0.2) is 51.7 Å². The Morgan fingerprint density at radius 1 is 1.25 bits per heavy atom. The van der Waals surface area contributed by atoms with Gasteiger partial charge in [0.25, 0.3) is 0 Å². The average Bonchev–Trinajstić information content (AvgIpc) is 2.80. The summed E-state index contributed by atoms with van der Waals surface area (Å²) in [6, 6.07) is 10.7. The third-order valence-electron chi connectivity index (χ3n) is 2.56. The zero-order valence-electron chi connectivity index (χ0n) is 9.11. The Morgan fingerprint density at radius 2 is 2.00 bits per heavy atom. The zero-order valence-corrected chi connectivity index (χ0v) is 10.7. The third-order valence-corrected chi connectivity index (χ3v) is 3.09. The van der Waals surface area contributed by atoms with E-state index in [9.17, 15) is 0 Å². The van der Waals surface area contributed by atoms with Crippen molar-refractivity contribution in [1.82, 2.24) is 5.32 Å². The number of benzene rings is 1. The summed E-state index contributed by atoms with van der Waals surface area (Å²) in [4.78, 5) is 0. The second kappa shape index (κ2) is 5.32. The number of hydrogen-bond donors (Lipinski definition) is 1.